The van der Waals surface area contributed by atoms with Crippen molar-refractivity contribution < 1.29 is 14.7 Å². The second kappa shape index (κ2) is 5.58. The highest BCUT2D eigenvalue weighted by molar-refractivity contribution is 5.79. The summed E-state index contributed by atoms with van der Waals surface area (Å²) in [5, 5.41) is 11.1. The van der Waals surface area contributed by atoms with Gasteiger partial charge in [-0.3, -0.25) is 4.79 Å². The zero-order chi connectivity index (χ0) is 12.1. The summed E-state index contributed by atoms with van der Waals surface area (Å²) in [6, 6.07) is -0.346. The van der Waals surface area contributed by atoms with Crippen LogP contribution in [0.5, 0.6) is 0 Å². The predicted molar refractivity (Wildman–Crippen MR) is 57.7 cm³/mol. The maximum absolute atomic E-state index is 11.3. The van der Waals surface area contributed by atoms with Gasteiger partial charge in [0.2, 0.25) is 0 Å². The van der Waals surface area contributed by atoms with Gasteiger partial charge in [0.05, 0.1) is 0 Å². The molecule has 0 aromatic rings. The van der Waals surface area contributed by atoms with Gasteiger partial charge in [0, 0.05) is 13.6 Å². The predicted octanol–water partition coefficient (Wildman–Crippen LogP) is 1.15. The van der Waals surface area contributed by atoms with Crippen molar-refractivity contribution in [3.63, 3.8) is 0 Å². The van der Waals surface area contributed by atoms with Gasteiger partial charge in [0.25, 0.3) is 0 Å². The molecule has 0 spiro atoms. The first-order chi connectivity index (χ1) is 6.72. The fourth-order valence-electron chi connectivity index (χ4n) is 0.954. The molecule has 0 aliphatic carbocycles. The number of amides is 2. The van der Waals surface area contributed by atoms with Crippen molar-refractivity contribution in [2.75, 3.05) is 20.1 Å². The monoisotopic (exact) mass is 216 g/mol. The fourth-order valence-corrected chi connectivity index (χ4v) is 0.954. The number of aliphatic carboxylic acids is 1. The van der Waals surface area contributed by atoms with Crippen LogP contribution >= 0.6 is 0 Å². The van der Waals surface area contributed by atoms with Gasteiger partial charge in [-0.05, 0) is 11.8 Å². The van der Waals surface area contributed by atoms with Crippen LogP contribution in [0.4, 0.5) is 4.79 Å². The van der Waals surface area contributed by atoms with E-state index in [0.717, 1.165) is 11.3 Å². The maximum atomic E-state index is 11.3. The first kappa shape index (κ1) is 13.7. The number of carbonyl (C=O) groups excluding carboxylic acids is 1. The van der Waals surface area contributed by atoms with E-state index in [2.05, 4.69) is 26.1 Å². The van der Waals surface area contributed by atoms with Gasteiger partial charge in [-0.25, -0.2) is 4.79 Å². The van der Waals surface area contributed by atoms with Gasteiger partial charge in [-0.2, -0.15) is 0 Å². The van der Waals surface area contributed by atoms with E-state index in [1.54, 1.807) is 0 Å². The fraction of sp³-hybridized carbons (Fsp3) is 0.800. The largest absolute Gasteiger partial charge is 0.480 e. The van der Waals surface area contributed by atoms with Crippen LogP contribution in [0.25, 0.3) is 0 Å². The van der Waals surface area contributed by atoms with Gasteiger partial charge in [-0.15, -0.1) is 0 Å². The lowest BCUT2D eigenvalue weighted by Crippen LogP contribution is -2.41. The molecule has 0 aromatic carbocycles. The number of urea groups is 1. The number of likely N-dealkylation sites (N-methyl/N-ethyl adjacent to an activating group) is 1. The van der Waals surface area contributed by atoms with E-state index in [4.69, 9.17) is 5.11 Å². The van der Waals surface area contributed by atoms with E-state index in [1.165, 1.54) is 7.05 Å². The summed E-state index contributed by atoms with van der Waals surface area (Å²) >= 11 is 0. The van der Waals surface area contributed by atoms with E-state index in [-0.39, 0.29) is 18.0 Å². The molecule has 15 heavy (non-hydrogen) atoms. The van der Waals surface area contributed by atoms with Crippen LogP contribution in [0.15, 0.2) is 0 Å². The first-order valence-corrected chi connectivity index (χ1v) is 4.93. The Balaban J connectivity index is 3.79. The summed E-state index contributed by atoms with van der Waals surface area (Å²) in [6.07, 6.45) is 0.861. The third-order valence-corrected chi connectivity index (χ3v) is 1.87. The van der Waals surface area contributed by atoms with Crippen molar-refractivity contribution in [1.82, 2.24) is 10.2 Å². The molecule has 5 nitrogen and oxygen atoms in total. The number of hydrogen-bond donors (Lipinski definition) is 2. The average molecular weight is 216 g/mol. The number of carboxylic acids is 1. The highest BCUT2D eigenvalue weighted by atomic mass is 16.4. The van der Waals surface area contributed by atoms with E-state index < -0.39 is 5.97 Å². The summed E-state index contributed by atoms with van der Waals surface area (Å²) in [7, 11) is 1.46. The first-order valence-electron chi connectivity index (χ1n) is 4.93. The van der Waals surface area contributed by atoms with Gasteiger partial charge in [0.15, 0.2) is 0 Å². The third kappa shape index (κ3) is 7.78. The zero-order valence-electron chi connectivity index (χ0n) is 9.83. The SMILES string of the molecule is CN(CC(=O)O)C(=O)NCCC(C)(C)C. The van der Waals surface area contributed by atoms with Crippen LogP contribution in [0.1, 0.15) is 27.2 Å². The molecular weight excluding hydrogens is 196 g/mol. The van der Waals surface area contributed by atoms with E-state index in [9.17, 15) is 9.59 Å². The molecule has 0 saturated carbocycles. The molecule has 5 heteroatoms. The van der Waals surface area contributed by atoms with Crippen LogP contribution in [0.3, 0.4) is 0 Å². The topological polar surface area (TPSA) is 69.6 Å². The minimum Gasteiger partial charge on any atom is -0.480 e. The minimum absolute atomic E-state index is 0.165. The second-order valence-corrected chi connectivity index (χ2v) is 4.79. The minimum atomic E-state index is -1.01. The molecule has 0 saturated heterocycles. The summed E-state index contributed by atoms with van der Waals surface area (Å²) < 4.78 is 0. The van der Waals surface area contributed by atoms with E-state index in [1.807, 2.05) is 0 Å². The smallest absolute Gasteiger partial charge is 0.323 e. The van der Waals surface area contributed by atoms with Gasteiger partial charge in [0.1, 0.15) is 6.54 Å². The van der Waals surface area contributed by atoms with Crippen LogP contribution < -0.4 is 5.32 Å². The number of carboxylic acid groups (broad SMARTS) is 1. The van der Waals surface area contributed by atoms with Crippen molar-refractivity contribution in [3.05, 3.63) is 0 Å². The molecule has 88 valence electrons. The Bertz CT molecular complexity index is 233. The molecule has 0 atom stereocenters. The number of nitrogens with zero attached hydrogens (tertiary/aromatic N) is 1. The highest BCUT2D eigenvalue weighted by Crippen LogP contribution is 2.16. The molecule has 0 unspecified atom stereocenters. The number of nitrogens with one attached hydrogen (secondary N) is 1. The lowest BCUT2D eigenvalue weighted by Gasteiger charge is -2.20. The third-order valence-electron chi connectivity index (χ3n) is 1.87. The Kier molecular flexibility index (Phi) is 5.11. The maximum Gasteiger partial charge on any atom is 0.323 e. The Morgan fingerprint density at radius 3 is 2.27 bits per heavy atom. The summed E-state index contributed by atoms with van der Waals surface area (Å²) in [4.78, 5) is 22.8. The lowest BCUT2D eigenvalue weighted by molar-refractivity contribution is -0.137. The van der Waals surface area contributed by atoms with Crippen LogP contribution in [0.2, 0.25) is 0 Å². The molecule has 0 rings (SSSR count). The van der Waals surface area contributed by atoms with Crippen LogP contribution in [-0.4, -0.2) is 42.1 Å². The molecule has 0 aliphatic rings. The van der Waals surface area contributed by atoms with Gasteiger partial charge in [-0.1, -0.05) is 20.8 Å². The molecular formula is C10H20N2O3. The lowest BCUT2D eigenvalue weighted by atomic mass is 9.92. The molecule has 0 radical (unpaired) electrons. The van der Waals surface area contributed by atoms with Gasteiger partial charge >= 0.3 is 12.0 Å². The molecule has 0 aliphatic heterocycles. The Labute approximate surface area is 90.5 Å². The van der Waals surface area contributed by atoms with Crippen molar-refractivity contribution >= 4 is 12.0 Å². The van der Waals surface area contributed by atoms with Gasteiger partial charge < -0.3 is 15.3 Å². The zero-order valence-corrected chi connectivity index (χ0v) is 9.83. The molecule has 2 N–H and O–H groups in total. The Morgan fingerprint density at radius 2 is 1.87 bits per heavy atom. The standard InChI is InChI=1S/C10H20N2O3/c1-10(2,3)5-6-11-9(15)12(4)7-8(13)14/h5-7H2,1-4H3,(H,11,15)(H,13,14). The second-order valence-electron chi connectivity index (χ2n) is 4.79. The van der Waals surface area contributed by atoms with Crippen molar-refractivity contribution in [1.29, 1.82) is 0 Å². The Morgan fingerprint density at radius 1 is 1.33 bits per heavy atom. The molecule has 0 heterocycles. The summed E-state index contributed by atoms with van der Waals surface area (Å²) in [6.45, 7) is 6.54. The number of carbonyl (C=O) groups is 2. The van der Waals surface area contributed by atoms with E-state index >= 15 is 0 Å². The normalized spacial score (nSPS) is 10.9. The van der Waals surface area contributed by atoms with Crippen molar-refractivity contribution in [2.24, 2.45) is 5.41 Å². The molecule has 0 fully saturated rings. The average Bonchev–Trinajstić information content (AvgIpc) is 2.00. The molecule has 0 bridgehead atoms. The summed E-state index contributed by atoms with van der Waals surface area (Å²) in [5.41, 5.74) is 0.165. The molecule has 0 aromatic heterocycles. The van der Waals surface area contributed by atoms with Crippen molar-refractivity contribution in [3.8, 4) is 0 Å². The Hall–Kier alpha value is -1.26. The van der Waals surface area contributed by atoms with Crippen LogP contribution in [0, 0.1) is 5.41 Å². The van der Waals surface area contributed by atoms with E-state index in [0.29, 0.717) is 6.54 Å². The quantitative estimate of drug-likeness (QED) is 0.740. The number of hydrogen-bond acceptors (Lipinski definition) is 2. The van der Waals surface area contributed by atoms with Crippen LogP contribution in [-0.2, 0) is 4.79 Å². The van der Waals surface area contributed by atoms with Crippen molar-refractivity contribution in [2.45, 2.75) is 27.2 Å². The number of rotatable bonds is 4. The highest BCUT2D eigenvalue weighted by Gasteiger charge is 2.13. The molecule has 2 amide bonds. The summed E-state index contributed by atoms with van der Waals surface area (Å²) in [5.74, 6) is -1.01.